The van der Waals surface area contributed by atoms with Crippen LogP contribution in [0.25, 0.3) is 0 Å². The number of ether oxygens (including phenoxy) is 1. The molecule has 2 amide bonds. The van der Waals surface area contributed by atoms with Crippen molar-refractivity contribution in [2.75, 3.05) is 11.9 Å². The fourth-order valence-electron chi connectivity index (χ4n) is 5.14. The van der Waals surface area contributed by atoms with Gasteiger partial charge in [-0.1, -0.05) is 48.0 Å². The molecule has 1 aromatic heterocycles. The van der Waals surface area contributed by atoms with Gasteiger partial charge in [-0.3, -0.25) is 9.59 Å². The van der Waals surface area contributed by atoms with Crippen LogP contribution in [0.1, 0.15) is 62.2 Å². The molecule has 1 atom stereocenters. The minimum atomic E-state index is -0.238. The highest BCUT2D eigenvalue weighted by atomic mass is 32.1. The van der Waals surface area contributed by atoms with Crippen molar-refractivity contribution in [3.8, 4) is 5.75 Å². The SMILES string of the molecule is Cc1ccc(C2c3cc(OCc4nc(C(=O)Nc5cccc(C)c5)cs4)ccc3CCN2C(=O)C2CC2)cc1. The topological polar surface area (TPSA) is 71.5 Å². The van der Waals surface area contributed by atoms with Gasteiger partial charge in [-0.2, -0.15) is 0 Å². The molecule has 6 rings (SSSR count). The van der Waals surface area contributed by atoms with Gasteiger partial charge in [0.1, 0.15) is 23.1 Å². The molecule has 1 fully saturated rings. The van der Waals surface area contributed by atoms with Gasteiger partial charge in [0.25, 0.3) is 5.91 Å². The van der Waals surface area contributed by atoms with E-state index in [1.165, 1.54) is 22.5 Å². The number of nitrogens with zero attached hydrogens (tertiary/aromatic N) is 2. The summed E-state index contributed by atoms with van der Waals surface area (Å²) in [5, 5.41) is 5.38. The third kappa shape index (κ3) is 5.59. The van der Waals surface area contributed by atoms with Crippen LogP contribution in [-0.4, -0.2) is 28.2 Å². The quantitative estimate of drug-likeness (QED) is 0.293. The monoisotopic (exact) mass is 537 g/mol. The Morgan fingerprint density at radius 3 is 2.62 bits per heavy atom. The zero-order chi connectivity index (χ0) is 26.9. The van der Waals surface area contributed by atoms with E-state index in [4.69, 9.17) is 4.74 Å². The minimum Gasteiger partial charge on any atom is -0.486 e. The molecule has 0 bridgehead atoms. The molecule has 2 heterocycles. The van der Waals surface area contributed by atoms with Crippen LogP contribution in [0.15, 0.2) is 72.1 Å². The highest BCUT2D eigenvalue weighted by Crippen LogP contribution is 2.41. The Morgan fingerprint density at radius 1 is 1.03 bits per heavy atom. The largest absolute Gasteiger partial charge is 0.486 e. The van der Waals surface area contributed by atoms with Crippen LogP contribution in [-0.2, 0) is 17.8 Å². The van der Waals surface area contributed by atoms with Gasteiger partial charge in [-0.15, -0.1) is 11.3 Å². The lowest BCUT2D eigenvalue weighted by Gasteiger charge is -2.38. The van der Waals surface area contributed by atoms with Crippen molar-refractivity contribution in [3.05, 3.63) is 111 Å². The minimum absolute atomic E-state index is 0.122. The van der Waals surface area contributed by atoms with E-state index in [-0.39, 0.29) is 30.4 Å². The molecular formula is C32H31N3O3S. The van der Waals surface area contributed by atoms with Crippen molar-refractivity contribution >= 4 is 28.8 Å². The van der Waals surface area contributed by atoms with Gasteiger partial charge in [-0.05, 0) is 79.6 Å². The summed E-state index contributed by atoms with van der Waals surface area (Å²) in [6, 6.07) is 22.2. The zero-order valence-corrected chi connectivity index (χ0v) is 23.0. The summed E-state index contributed by atoms with van der Waals surface area (Å²) in [4.78, 5) is 32.5. The van der Waals surface area contributed by atoms with Crippen LogP contribution in [0.4, 0.5) is 5.69 Å². The molecule has 1 N–H and O–H groups in total. The summed E-state index contributed by atoms with van der Waals surface area (Å²) < 4.78 is 6.16. The molecule has 1 aliphatic carbocycles. The van der Waals surface area contributed by atoms with Crippen molar-refractivity contribution in [1.29, 1.82) is 0 Å². The molecule has 0 saturated heterocycles. The molecule has 198 valence electrons. The molecule has 2 aliphatic rings. The molecule has 0 spiro atoms. The maximum atomic E-state index is 13.3. The van der Waals surface area contributed by atoms with Crippen molar-refractivity contribution in [3.63, 3.8) is 0 Å². The van der Waals surface area contributed by atoms with Crippen molar-refractivity contribution in [1.82, 2.24) is 9.88 Å². The van der Waals surface area contributed by atoms with Gasteiger partial charge in [0.15, 0.2) is 0 Å². The average Bonchev–Trinajstić information content (AvgIpc) is 3.68. The fourth-order valence-corrected chi connectivity index (χ4v) is 5.82. The number of fused-ring (bicyclic) bond motifs is 1. The van der Waals surface area contributed by atoms with E-state index in [2.05, 4.69) is 58.5 Å². The van der Waals surface area contributed by atoms with Gasteiger partial charge in [0, 0.05) is 23.5 Å². The predicted octanol–water partition coefficient (Wildman–Crippen LogP) is 6.48. The summed E-state index contributed by atoms with van der Waals surface area (Å²) in [5.74, 6) is 0.920. The fraction of sp³-hybridized carbons (Fsp3) is 0.281. The molecule has 4 aromatic rings. The maximum absolute atomic E-state index is 13.3. The highest BCUT2D eigenvalue weighted by molar-refractivity contribution is 7.09. The van der Waals surface area contributed by atoms with Crippen molar-refractivity contribution in [2.45, 2.75) is 45.8 Å². The standard InChI is InChI=1S/C32H31N3O3S/c1-20-6-8-23(9-7-20)30-27-17-26(13-12-22(27)14-15-35(30)32(37)24-10-11-24)38-18-29-34-28(19-39-29)31(36)33-25-5-3-4-21(2)16-25/h3-9,12-13,16-17,19,24,30H,10-11,14-15,18H2,1-2H3,(H,33,36). The average molecular weight is 538 g/mol. The van der Waals surface area contributed by atoms with Crippen LogP contribution >= 0.6 is 11.3 Å². The zero-order valence-electron chi connectivity index (χ0n) is 22.1. The number of anilines is 1. The summed E-state index contributed by atoms with van der Waals surface area (Å²) in [7, 11) is 0. The molecule has 3 aromatic carbocycles. The Morgan fingerprint density at radius 2 is 1.85 bits per heavy atom. The first-order chi connectivity index (χ1) is 18.9. The first kappa shape index (κ1) is 25.3. The Labute approximate surface area is 232 Å². The van der Waals surface area contributed by atoms with E-state index in [1.807, 2.05) is 37.3 Å². The Bertz CT molecular complexity index is 1520. The lowest BCUT2D eigenvalue weighted by Crippen LogP contribution is -2.41. The van der Waals surface area contributed by atoms with E-state index < -0.39 is 0 Å². The Hall–Kier alpha value is -3.97. The lowest BCUT2D eigenvalue weighted by molar-refractivity contribution is -0.134. The number of carbonyl (C=O) groups is 2. The molecule has 39 heavy (non-hydrogen) atoms. The molecule has 1 unspecified atom stereocenters. The molecular weight excluding hydrogens is 506 g/mol. The number of aromatic nitrogens is 1. The summed E-state index contributed by atoms with van der Waals surface area (Å²) in [6.45, 7) is 5.06. The number of thiazole rings is 1. The summed E-state index contributed by atoms with van der Waals surface area (Å²) in [6.07, 6.45) is 2.82. The number of aryl methyl sites for hydroxylation is 2. The number of rotatable bonds is 7. The van der Waals surface area contributed by atoms with E-state index in [0.29, 0.717) is 5.69 Å². The first-order valence-corrected chi connectivity index (χ1v) is 14.3. The highest BCUT2D eigenvalue weighted by Gasteiger charge is 2.39. The van der Waals surface area contributed by atoms with Gasteiger partial charge < -0.3 is 15.0 Å². The molecule has 1 saturated carbocycles. The maximum Gasteiger partial charge on any atom is 0.275 e. The van der Waals surface area contributed by atoms with E-state index in [9.17, 15) is 9.59 Å². The number of amides is 2. The molecule has 6 nitrogen and oxygen atoms in total. The van der Waals surface area contributed by atoms with Crippen molar-refractivity contribution in [2.24, 2.45) is 5.92 Å². The van der Waals surface area contributed by atoms with Gasteiger partial charge in [-0.25, -0.2) is 4.98 Å². The van der Waals surface area contributed by atoms with Crippen LogP contribution < -0.4 is 10.1 Å². The van der Waals surface area contributed by atoms with E-state index in [1.54, 1.807) is 5.38 Å². The van der Waals surface area contributed by atoms with Crippen LogP contribution in [0, 0.1) is 19.8 Å². The predicted molar refractivity (Wildman–Crippen MR) is 153 cm³/mol. The van der Waals surface area contributed by atoms with Crippen LogP contribution in [0.2, 0.25) is 0 Å². The summed E-state index contributed by atoms with van der Waals surface area (Å²) >= 11 is 1.40. The number of hydrogen-bond acceptors (Lipinski definition) is 5. The van der Waals surface area contributed by atoms with E-state index >= 15 is 0 Å². The third-order valence-electron chi connectivity index (χ3n) is 7.37. The third-order valence-corrected chi connectivity index (χ3v) is 8.19. The Balaban J connectivity index is 1.19. The van der Waals surface area contributed by atoms with Gasteiger partial charge in [0.05, 0.1) is 6.04 Å². The summed E-state index contributed by atoms with van der Waals surface area (Å²) in [5.41, 5.74) is 6.89. The second-order valence-corrected chi connectivity index (χ2v) is 11.4. The number of nitrogens with one attached hydrogen (secondary N) is 1. The molecule has 7 heteroatoms. The van der Waals surface area contributed by atoms with Crippen LogP contribution in [0.3, 0.4) is 0 Å². The number of benzene rings is 3. The number of hydrogen-bond donors (Lipinski definition) is 1. The Kier molecular flexibility index (Phi) is 6.92. The van der Waals surface area contributed by atoms with E-state index in [0.717, 1.165) is 58.9 Å². The second-order valence-electron chi connectivity index (χ2n) is 10.5. The lowest BCUT2D eigenvalue weighted by atomic mass is 9.87. The normalized spacial score (nSPS) is 16.5. The first-order valence-electron chi connectivity index (χ1n) is 13.4. The molecule has 0 radical (unpaired) electrons. The van der Waals surface area contributed by atoms with Gasteiger partial charge in [0.2, 0.25) is 5.91 Å². The van der Waals surface area contributed by atoms with Gasteiger partial charge >= 0.3 is 0 Å². The van der Waals surface area contributed by atoms with Crippen LogP contribution in [0.5, 0.6) is 5.75 Å². The van der Waals surface area contributed by atoms with Crippen molar-refractivity contribution < 1.29 is 14.3 Å². The number of carbonyl (C=O) groups excluding carboxylic acids is 2. The second kappa shape index (κ2) is 10.7. The molecule has 1 aliphatic heterocycles. The smallest absolute Gasteiger partial charge is 0.275 e.